The largest absolute Gasteiger partial charge is 0.207 e. The second-order valence-corrected chi connectivity index (χ2v) is 3.06. The van der Waals surface area contributed by atoms with Crippen molar-refractivity contribution in [3.63, 3.8) is 0 Å². The van der Waals surface area contributed by atoms with Crippen molar-refractivity contribution in [3.05, 3.63) is 47.5 Å². The summed E-state index contributed by atoms with van der Waals surface area (Å²) in [5, 5.41) is 1.11. The predicted octanol–water partition coefficient (Wildman–Crippen LogP) is 3.43. The molecule has 66 valence electrons. The molecule has 0 bridgehead atoms. The van der Waals surface area contributed by atoms with Gasteiger partial charge in [-0.25, -0.2) is 8.78 Å². The van der Waals surface area contributed by atoms with Crippen molar-refractivity contribution in [2.45, 2.75) is 6.92 Å². The Balaban J connectivity index is 2.94. The van der Waals surface area contributed by atoms with Crippen LogP contribution < -0.4 is 0 Å². The minimum Gasteiger partial charge on any atom is -0.207 e. The first kappa shape index (κ1) is 8.17. The molecule has 0 aliphatic carbocycles. The number of fused-ring (bicyclic) bond motifs is 1. The normalized spacial score (nSPS) is 10.7. The number of benzene rings is 2. The van der Waals surface area contributed by atoms with E-state index < -0.39 is 0 Å². The van der Waals surface area contributed by atoms with Crippen LogP contribution in [-0.2, 0) is 0 Å². The fraction of sp³-hybridized carbons (Fsp3) is 0.0909. The molecule has 0 heterocycles. The van der Waals surface area contributed by atoms with Crippen LogP contribution >= 0.6 is 0 Å². The Hall–Kier alpha value is -1.44. The van der Waals surface area contributed by atoms with E-state index in [1.807, 2.05) is 0 Å². The average molecular weight is 178 g/mol. The lowest BCUT2D eigenvalue weighted by Crippen LogP contribution is -1.85. The number of hydrogen-bond acceptors (Lipinski definition) is 0. The molecule has 0 spiro atoms. The lowest BCUT2D eigenvalue weighted by molar-refractivity contribution is 0.625. The van der Waals surface area contributed by atoms with Crippen molar-refractivity contribution in [2.24, 2.45) is 0 Å². The first-order chi connectivity index (χ1) is 6.18. The van der Waals surface area contributed by atoms with E-state index in [0.29, 0.717) is 16.3 Å². The van der Waals surface area contributed by atoms with Crippen LogP contribution in [0.2, 0.25) is 0 Å². The van der Waals surface area contributed by atoms with E-state index in [-0.39, 0.29) is 11.6 Å². The predicted molar refractivity (Wildman–Crippen MR) is 48.6 cm³/mol. The van der Waals surface area contributed by atoms with E-state index in [1.54, 1.807) is 19.1 Å². The summed E-state index contributed by atoms with van der Waals surface area (Å²) in [6.07, 6.45) is 0. The molecule has 0 radical (unpaired) electrons. The van der Waals surface area contributed by atoms with E-state index >= 15 is 0 Å². The molecule has 0 fully saturated rings. The van der Waals surface area contributed by atoms with Gasteiger partial charge in [0.2, 0.25) is 0 Å². The molecule has 0 unspecified atom stereocenters. The van der Waals surface area contributed by atoms with E-state index in [4.69, 9.17) is 0 Å². The van der Waals surface area contributed by atoms with Gasteiger partial charge in [0, 0.05) is 5.39 Å². The van der Waals surface area contributed by atoms with Gasteiger partial charge < -0.3 is 0 Å². The highest BCUT2D eigenvalue weighted by Crippen LogP contribution is 2.22. The Labute approximate surface area is 74.8 Å². The summed E-state index contributed by atoms with van der Waals surface area (Å²) in [4.78, 5) is 0. The Kier molecular flexibility index (Phi) is 1.76. The van der Waals surface area contributed by atoms with Crippen molar-refractivity contribution in [1.82, 2.24) is 0 Å². The van der Waals surface area contributed by atoms with Crippen LogP contribution in [0.5, 0.6) is 0 Å². The molecule has 0 nitrogen and oxygen atoms in total. The smallest absolute Gasteiger partial charge is 0.131 e. The fourth-order valence-electron chi connectivity index (χ4n) is 1.55. The molecule has 0 aliphatic heterocycles. The molecule has 2 aromatic rings. The van der Waals surface area contributed by atoms with Crippen molar-refractivity contribution >= 4 is 10.8 Å². The van der Waals surface area contributed by atoms with Crippen LogP contribution in [0.15, 0.2) is 30.3 Å². The maximum atomic E-state index is 13.3. The standard InChI is InChI=1S/C11H8F2/c1-7-5-9(12)6-8-3-2-4-10(13)11(7)8/h2-6H,1H3. The van der Waals surface area contributed by atoms with Gasteiger partial charge in [0.25, 0.3) is 0 Å². The lowest BCUT2D eigenvalue weighted by Gasteiger charge is -2.02. The van der Waals surface area contributed by atoms with Crippen LogP contribution in [0, 0.1) is 18.6 Å². The molecule has 0 saturated heterocycles. The van der Waals surface area contributed by atoms with Crippen molar-refractivity contribution in [3.8, 4) is 0 Å². The Bertz CT molecular complexity index is 461. The first-order valence-electron chi connectivity index (χ1n) is 4.03. The monoisotopic (exact) mass is 178 g/mol. The third-order valence-corrected chi connectivity index (χ3v) is 2.09. The quantitative estimate of drug-likeness (QED) is 0.579. The molecular formula is C11H8F2. The summed E-state index contributed by atoms with van der Waals surface area (Å²) in [6, 6.07) is 7.34. The van der Waals surface area contributed by atoms with Gasteiger partial charge in [-0.2, -0.15) is 0 Å². The zero-order valence-corrected chi connectivity index (χ0v) is 7.14. The van der Waals surface area contributed by atoms with Crippen LogP contribution in [0.3, 0.4) is 0 Å². The molecular weight excluding hydrogens is 170 g/mol. The maximum Gasteiger partial charge on any atom is 0.131 e. The molecule has 2 aromatic carbocycles. The van der Waals surface area contributed by atoms with Gasteiger partial charge in [-0.3, -0.25) is 0 Å². The number of halogens is 2. The highest BCUT2D eigenvalue weighted by atomic mass is 19.1. The van der Waals surface area contributed by atoms with Crippen LogP contribution in [0.4, 0.5) is 8.78 Å². The molecule has 13 heavy (non-hydrogen) atoms. The number of hydrogen-bond donors (Lipinski definition) is 0. The second-order valence-electron chi connectivity index (χ2n) is 3.06. The average Bonchev–Trinajstić information content (AvgIpc) is 2.02. The number of rotatable bonds is 0. The van der Waals surface area contributed by atoms with Gasteiger partial charge in [0.05, 0.1) is 0 Å². The number of aryl methyl sites for hydroxylation is 1. The summed E-state index contributed by atoms with van der Waals surface area (Å²) < 4.78 is 26.2. The zero-order valence-electron chi connectivity index (χ0n) is 7.14. The molecule has 0 atom stereocenters. The summed E-state index contributed by atoms with van der Waals surface area (Å²) in [7, 11) is 0. The van der Waals surface area contributed by atoms with Gasteiger partial charge in [0.15, 0.2) is 0 Å². The summed E-state index contributed by atoms with van der Waals surface area (Å²) in [6.45, 7) is 1.70. The van der Waals surface area contributed by atoms with E-state index in [0.717, 1.165) is 0 Å². The highest BCUT2D eigenvalue weighted by Gasteiger charge is 2.04. The van der Waals surface area contributed by atoms with Gasteiger partial charge >= 0.3 is 0 Å². The molecule has 0 aromatic heterocycles. The van der Waals surface area contributed by atoms with E-state index in [2.05, 4.69) is 0 Å². The first-order valence-corrected chi connectivity index (χ1v) is 4.03. The van der Waals surface area contributed by atoms with E-state index in [9.17, 15) is 8.78 Å². The molecule has 2 heteroatoms. The summed E-state index contributed by atoms with van der Waals surface area (Å²) >= 11 is 0. The van der Waals surface area contributed by atoms with Gasteiger partial charge in [-0.1, -0.05) is 12.1 Å². The van der Waals surface area contributed by atoms with Crippen molar-refractivity contribution < 1.29 is 8.78 Å². The van der Waals surface area contributed by atoms with Gasteiger partial charge in [-0.05, 0) is 36.1 Å². The van der Waals surface area contributed by atoms with Gasteiger partial charge in [-0.15, -0.1) is 0 Å². The molecule has 0 N–H and O–H groups in total. The SMILES string of the molecule is Cc1cc(F)cc2cccc(F)c12. The lowest BCUT2D eigenvalue weighted by atomic mass is 10.1. The third kappa shape index (κ3) is 1.28. The van der Waals surface area contributed by atoms with Gasteiger partial charge in [0.1, 0.15) is 11.6 Å². The minimum atomic E-state index is -0.324. The van der Waals surface area contributed by atoms with Crippen molar-refractivity contribution in [2.75, 3.05) is 0 Å². The Morgan fingerprint density at radius 3 is 2.62 bits per heavy atom. The summed E-state index contributed by atoms with van der Waals surface area (Å²) in [5.41, 5.74) is 0.633. The Morgan fingerprint density at radius 2 is 1.85 bits per heavy atom. The van der Waals surface area contributed by atoms with E-state index in [1.165, 1.54) is 18.2 Å². The van der Waals surface area contributed by atoms with Crippen LogP contribution in [0.1, 0.15) is 5.56 Å². The molecule has 2 rings (SSSR count). The topological polar surface area (TPSA) is 0 Å². The van der Waals surface area contributed by atoms with Crippen LogP contribution in [0.25, 0.3) is 10.8 Å². The van der Waals surface area contributed by atoms with Crippen LogP contribution in [-0.4, -0.2) is 0 Å². The molecule has 0 aliphatic rings. The minimum absolute atomic E-state index is 0.296. The molecule has 0 saturated carbocycles. The summed E-state index contributed by atoms with van der Waals surface area (Å²) in [5.74, 6) is -0.620. The highest BCUT2D eigenvalue weighted by molar-refractivity contribution is 5.86. The molecule has 0 amide bonds. The van der Waals surface area contributed by atoms with Crippen molar-refractivity contribution in [1.29, 1.82) is 0 Å². The Morgan fingerprint density at radius 1 is 1.08 bits per heavy atom. The fourth-order valence-corrected chi connectivity index (χ4v) is 1.55. The third-order valence-electron chi connectivity index (χ3n) is 2.09. The zero-order chi connectivity index (χ0) is 9.42. The maximum absolute atomic E-state index is 13.3. The second kappa shape index (κ2) is 2.80.